The lowest BCUT2D eigenvalue weighted by Crippen LogP contribution is -2.19. The van der Waals surface area contributed by atoms with Gasteiger partial charge in [-0.1, -0.05) is 0 Å². The van der Waals surface area contributed by atoms with E-state index in [-0.39, 0.29) is 12.1 Å². The van der Waals surface area contributed by atoms with Crippen LogP contribution in [-0.4, -0.2) is 15.6 Å². The molecule has 0 saturated carbocycles. The minimum Gasteiger partial charge on any atom is -0.478 e. The van der Waals surface area contributed by atoms with E-state index in [1.165, 1.54) is 12.3 Å². The van der Waals surface area contributed by atoms with Crippen molar-refractivity contribution in [1.29, 1.82) is 5.26 Å². The maximum absolute atomic E-state index is 11.1. The molecule has 0 saturated heterocycles. The van der Waals surface area contributed by atoms with Crippen molar-refractivity contribution >= 4 is 5.97 Å². The van der Waals surface area contributed by atoms with Crippen molar-refractivity contribution in [3.05, 3.63) is 34.2 Å². The van der Waals surface area contributed by atoms with Crippen molar-refractivity contribution in [2.45, 2.75) is 6.54 Å². The lowest BCUT2D eigenvalue weighted by molar-refractivity contribution is 0.0696. The number of carboxylic acid groups (broad SMARTS) is 1. The van der Waals surface area contributed by atoms with Crippen LogP contribution >= 0.6 is 0 Å². The molecule has 5 nitrogen and oxygen atoms in total. The van der Waals surface area contributed by atoms with Crippen LogP contribution in [0.15, 0.2) is 23.1 Å². The number of pyridine rings is 1. The third-order valence-corrected chi connectivity index (χ3v) is 1.48. The van der Waals surface area contributed by atoms with E-state index in [0.717, 1.165) is 10.6 Å². The predicted molar refractivity (Wildman–Crippen MR) is 43.3 cm³/mol. The maximum Gasteiger partial charge on any atom is 0.335 e. The molecular weight excluding hydrogens is 172 g/mol. The standard InChI is InChI=1S/C8H6N2O3/c9-2-4-10-3-1-6(8(12)13)5-7(10)11/h1,3,5H,4H2,(H,12,13). The first-order chi connectivity index (χ1) is 6.15. The molecule has 13 heavy (non-hydrogen) atoms. The average molecular weight is 178 g/mol. The van der Waals surface area contributed by atoms with Gasteiger partial charge in [0.25, 0.3) is 5.56 Å². The summed E-state index contributed by atoms with van der Waals surface area (Å²) in [6.07, 6.45) is 1.29. The zero-order valence-electron chi connectivity index (χ0n) is 6.60. The highest BCUT2D eigenvalue weighted by Gasteiger charge is 2.03. The molecule has 0 aliphatic carbocycles. The van der Waals surface area contributed by atoms with Gasteiger partial charge < -0.3 is 9.67 Å². The lowest BCUT2D eigenvalue weighted by atomic mass is 10.3. The third kappa shape index (κ3) is 1.93. The zero-order valence-corrected chi connectivity index (χ0v) is 6.60. The highest BCUT2D eigenvalue weighted by atomic mass is 16.4. The summed E-state index contributed by atoms with van der Waals surface area (Å²) in [6, 6.07) is 4.05. The van der Waals surface area contributed by atoms with Gasteiger partial charge in [-0.3, -0.25) is 4.79 Å². The van der Waals surface area contributed by atoms with Crippen LogP contribution in [0.5, 0.6) is 0 Å². The molecule has 0 unspecified atom stereocenters. The Balaban J connectivity index is 3.15. The number of nitrogens with zero attached hydrogens (tertiary/aromatic N) is 2. The van der Waals surface area contributed by atoms with Crippen LogP contribution in [0.2, 0.25) is 0 Å². The van der Waals surface area contributed by atoms with Gasteiger partial charge >= 0.3 is 5.97 Å². The van der Waals surface area contributed by atoms with Gasteiger partial charge in [0.05, 0.1) is 11.6 Å². The van der Waals surface area contributed by atoms with E-state index in [0.29, 0.717) is 0 Å². The van der Waals surface area contributed by atoms with Gasteiger partial charge in [0.15, 0.2) is 0 Å². The minimum absolute atomic E-state index is 0.0702. The molecule has 1 aromatic heterocycles. The van der Waals surface area contributed by atoms with Crippen LogP contribution in [0, 0.1) is 11.3 Å². The first-order valence-electron chi connectivity index (χ1n) is 3.46. The van der Waals surface area contributed by atoms with Gasteiger partial charge in [0.1, 0.15) is 6.54 Å². The molecular formula is C8H6N2O3. The highest BCUT2D eigenvalue weighted by molar-refractivity contribution is 5.87. The number of nitriles is 1. The van der Waals surface area contributed by atoms with E-state index in [4.69, 9.17) is 10.4 Å². The summed E-state index contributed by atoms with van der Waals surface area (Å²) < 4.78 is 1.13. The smallest absolute Gasteiger partial charge is 0.335 e. The number of hydrogen-bond donors (Lipinski definition) is 1. The second-order valence-corrected chi connectivity index (χ2v) is 2.34. The number of aromatic carboxylic acids is 1. The van der Waals surface area contributed by atoms with Gasteiger partial charge in [0, 0.05) is 12.3 Å². The van der Waals surface area contributed by atoms with Crippen LogP contribution in [-0.2, 0) is 6.54 Å². The molecule has 0 spiro atoms. The summed E-state index contributed by atoms with van der Waals surface area (Å²) in [7, 11) is 0. The predicted octanol–water partition coefficient (Wildman–Crippen LogP) is 0.0701. The van der Waals surface area contributed by atoms with Gasteiger partial charge in [-0.2, -0.15) is 5.26 Å². The van der Waals surface area contributed by atoms with E-state index in [1.807, 2.05) is 0 Å². The quantitative estimate of drug-likeness (QED) is 0.694. The second kappa shape index (κ2) is 3.54. The molecule has 5 heteroatoms. The first kappa shape index (κ1) is 9.00. The molecule has 1 N–H and O–H groups in total. The SMILES string of the molecule is N#CCn1ccc(C(=O)O)cc1=O. The van der Waals surface area contributed by atoms with Crippen molar-refractivity contribution in [1.82, 2.24) is 4.57 Å². The molecule has 0 fully saturated rings. The molecule has 0 radical (unpaired) electrons. The normalized spacial score (nSPS) is 9.15. The van der Waals surface area contributed by atoms with Crippen molar-refractivity contribution in [3.8, 4) is 6.07 Å². The average Bonchev–Trinajstić information content (AvgIpc) is 2.08. The maximum atomic E-state index is 11.1. The molecule has 1 rings (SSSR count). The highest BCUT2D eigenvalue weighted by Crippen LogP contribution is 1.93. The first-order valence-corrected chi connectivity index (χ1v) is 3.46. The fourth-order valence-corrected chi connectivity index (χ4v) is 0.848. The number of aromatic nitrogens is 1. The zero-order chi connectivity index (χ0) is 9.84. The van der Waals surface area contributed by atoms with E-state index >= 15 is 0 Å². The Morgan fingerprint density at radius 3 is 2.85 bits per heavy atom. The summed E-state index contributed by atoms with van der Waals surface area (Å²) in [5, 5.41) is 16.8. The molecule has 0 bridgehead atoms. The van der Waals surface area contributed by atoms with E-state index in [2.05, 4.69) is 0 Å². The van der Waals surface area contributed by atoms with Crippen LogP contribution in [0.4, 0.5) is 0 Å². The van der Waals surface area contributed by atoms with Gasteiger partial charge in [0.2, 0.25) is 0 Å². The lowest BCUT2D eigenvalue weighted by Gasteiger charge is -1.98. The molecule has 1 aromatic rings. The van der Waals surface area contributed by atoms with E-state index < -0.39 is 11.5 Å². The van der Waals surface area contributed by atoms with Crippen LogP contribution in [0.3, 0.4) is 0 Å². The molecule has 0 aliphatic heterocycles. The van der Waals surface area contributed by atoms with Crippen LogP contribution < -0.4 is 5.56 Å². The number of rotatable bonds is 2. The minimum atomic E-state index is -1.15. The Morgan fingerprint density at radius 1 is 1.69 bits per heavy atom. The Bertz CT molecular complexity index is 428. The van der Waals surface area contributed by atoms with Crippen molar-refractivity contribution in [3.63, 3.8) is 0 Å². The molecule has 66 valence electrons. The van der Waals surface area contributed by atoms with Crippen LogP contribution in [0.25, 0.3) is 0 Å². The van der Waals surface area contributed by atoms with Gasteiger partial charge in [-0.15, -0.1) is 0 Å². The summed E-state index contributed by atoms with van der Waals surface area (Å²) in [5.41, 5.74) is -0.555. The summed E-state index contributed by atoms with van der Waals surface area (Å²) in [6.45, 7) is -0.0707. The molecule has 0 aromatic carbocycles. The monoisotopic (exact) mass is 178 g/mol. The molecule has 1 heterocycles. The summed E-state index contributed by atoms with van der Waals surface area (Å²) in [5.74, 6) is -1.15. The van der Waals surface area contributed by atoms with E-state index in [1.54, 1.807) is 6.07 Å². The number of carboxylic acids is 1. The third-order valence-electron chi connectivity index (χ3n) is 1.48. The van der Waals surface area contributed by atoms with E-state index in [9.17, 15) is 9.59 Å². The van der Waals surface area contributed by atoms with Gasteiger partial charge in [-0.25, -0.2) is 4.79 Å². The molecule has 0 atom stereocenters. The number of carbonyl (C=O) groups is 1. The Labute approximate surface area is 73.5 Å². The fourth-order valence-electron chi connectivity index (χ4n) is 0.848. The Hall–Kier alpha value is -2.09. The second-order valence-electron chi connectivity index (χ2n) is 2.34. The topological polar surface area (TPSA) is 83.1 Å². The van der Waals surface area contributed by atoms with Crippen LogP contribution in [0.1, 0.15) is 10.4 Å². The van der Waals surface area contributed by atoms with Crippen molar-refractivity contribution in [2.75, 3.05) is 0 Å². The fraction of sp³-hybridized carbons (Fsp3) is 0.125. The number of hydrogen-bond acceptors (Lipinski definition) is 3. The van der Waals surface area contributed by atoms with Crippen molar-refractivity contribution in [2.24, 2.45) is 0 Å². The largest absolute Gasteiger partial charge is 0.478 e. The van der Waals surface area contributed by atoms with Gasteiger partial charge in [-0.05, 0) is 6.07 Å². The summed E-state index contributed by atoms with van der Waals surface area (Å²) >= 11 is 0. The Morgan fingerprint density at radius 2 is 2.38 bits per heavy atom. The van der Waals surface area contributed by atoms with Crippen molar-refractivity contribution < 1.29 is 9.90 Å². The Kier molecular flexibility index (Phi) is 2.45. The molecule has 0 aliphatic rings. The summed E-state index contributed by atoms with van der Waals surface area (Å²) in [4.78, 5) is 21.5. The molecule has 0 amide bonds.